The number of nitrogens with one attached hydrogen (secondary N) is 1. The fraction of sp³-hybridized carbons (Fsp3) is 0.290. The maximum atomic E-state index is 13.8. The number of hydrogen-bond donors (Lipinski definition) is 1. The third kappa shape index (κ3) is 5.74. The Balaban J connectivity index is 1.32. The molecule has 3 unspecified atom stereocenters. The highest BCUT2D eigenvalue weighted by atomic mass is 19.1. The molecule has 1 heterocycles. The van der Waals surface area contributed by atoms with E-state index in [0.29, 0.717) is 12.1 Å². The number of carbonyl (C=O) groups excluding carboxylic acids is 2. The summed E-state index contributed by atoms with van der Waals surface area (Å²) in [7, 11) is 0. The van der Waals surface area contributed by atoms with Crippen molar-refractivity contribution in [3.05, 3.63) is 113 Å². The van der Waals surface area contributed by atoms with E-state index < -0.39 is 0 Å². The second kappa shape index (κ2) is 11.0. The average molecular weight is 499 g/mol. The molecule has 1 aliphatic carbocycles. The normalized spacial score (nSPS) is 21.2. The molecule has 1 saturated heterocycles. The molecule has 2 aliphatic rings. The van der Waals surface area contributed by atoms with Crippen LogP contribution in [0.3, 0.4) is 0 Å². The van der Waals surface area contributed by atoms with Crippen molar-refractivity contribution >= 4 is 17.9 Å². The third-order valence-corrected chi connectivity index (χ3v) is 7.18. The second-order valence-corrected chi connectivity index (χ2v) is 9.81. The molecule has 37 heavy (non-hydrogen) atoms. The summed E-state index contributed by atoms with van der Waals surface area (Å²) >= 11 is 0. The van der Waals surface area contributed by atoms with Gasteiger partial charge in [-0.1, -0.05) is 61.0 Å². The summed E-state index contributed by atoms with van der Waals surface area (Å²) < 4.78 is 20.0. The van der Waals surface area contributed by atoms with Crippen LogP contribution in [0, 0.1) is 5.82 Å². The second-order valence-electron chi connectivity index (χ2n) is 9.81. The van der Waals surface area contributed by atoms with Crippen molar-refractivity contribution in [2.75, 3.05) is 0 Å². The quantitative estimate of drug-likeness (QED) is 0.423. The number of fused-ring (bicyclic) bond motifs is 1. The summed E-state index contributed by atoms with van der Waals surface area (Å²) in [5, 5.41) is 3.02. The molecule has 0 aromatic heterocycles. The van der Waals surface area contributed by atoms with Crippen LogP contribution >= 0.6 is 0 Å². The fourth-order valence-corrected chi connectivity index (χ4v) is 5.18. The van der Waals surface area contributed by atoms with Crippen LogP contribution in [0.15, 0.2) is 84.6 Å². The Bertz CT molecular complexity index is 1290. The predicted octanol–water partition coefficient (Wildman–Crippen LogP) is 6.03. The SMILES string of the molecule is CC(NC(=O)c1ccc(/C=C2\OC3CCCCC3N(Cc3cccc(F)c3)C2=O)cc1)c1ccccc1. The molecule has 3 aromatic rings. The van der Waals surface area contributed by atoms with Gasteiger partial charge in [-0.2, -0.15) is 0 Å². The molecule has 5 rings (SSSR count). The van der Waals surface area contributed by atoms with E-state index in [1.165, 1.54) is 12.1 Å². The number of halogens is 1. The standard InChI is InChI=1S/C31H31FN2O3/c1-21(24-9-3-2-4-10-24)33-30(35)25-16-14-22(15-17-25)19-29-31(36)34(20-23-8-7-11-26(32)18-23)27-12-5-6-13-28(27)37-29/h2-4,7-11,14-19,21,27-28H,5-6,12-13,20H2,1H3,(H,33,35)/b29-19-. The molecule has 1 N–H and O–H groups in total. The van der Waals surface area contributed by atoms with Crippen molar-refractivity contribution in [2.45, 2.75) is 57.3 Å². The monoisotopic (exact) mass is 498 g/mol. The molecule has 0 spiro atoms. The van der Waals surface area contributed by atoms with Crippen molar-refractivity contribution in [1.82, 2.24) is 10.2 Å². The van der Waals surface area contributed by atoms with E-state index in [1.807, 2.05) is 60.4 Å². The van der Waals surface area contributed by atoms with E-state index in [-0.39, 0.29) is 41.6 Å². The number of ether oxygens (including phenoxy) is 1. The van der Waals surface area contributed by atoms with Crippen LogP contribution in [0.2, 0.25) is 0 Å². The maximum Gasteiger partial charge on any atom is 0.289 e. The van der Waals surface area contributed by atoms with Crippen molar-refractivity contribution in [3.63, 3.8) is 0 Å². The highest BCUT2D eigenvalue weighted by Gasteiger charge is 2.41. The lowest BCUT2D eigenvalue weighted by molar-refractivity contribution is -0.149. The summed E-state index contributed by atoms with van der Waals surface area (Å²) in [4.78, 5) is 28.1. The van der Waals surface area contributed by atoms with Crippen molar-refractivity contribution in [1.29, 1.82) is 0 Å². The maximum absolute atomic E-state index is 13.8. The van der Waals surface area contributed by atoms with Crippen molar-refractivity contribution in [2.24, 2.45) is 0 Å². The number of morpholine rings is 1. The van der Waals surface area contributed by atoms with E-state index in [0.717, 1.165) is 42.4 Å². The lowest BCUT2D eigenvalue weighted by atomic mass is 9.89. The summed E-state index contributed by atoms with van der Waals surface area (Å²) in [5.74, 6) is -0.372. The van der Waals surface area contributed by atoms with Gasteiger partial charge >= 0.3 is 0 Å². The zero-order chi connectivity index (χ0) is 25.8. The van der Waals surface area contributed by atoms with E-state index in [4.69, 9.17) is 4.74 Å². The van der Waals surface area contributed by atoms with Crippen molar-refractivity contribution < 1.29 is 18.7 Å². The zero-order valence-electron chi connectivity index (χ0n) is 20.9. The Morgan fingerprint density at radius 1 is 1.05 bits per heavy atom. The molecule has 5 nitrogen and oxygen atoms in total. The number of amides is 2. The van der Waals surface area contributed by atoms with Crippen LogP contribution in [-0.2, 0) is 16.1 Å². The predicted molar refractivity (Wildman–Crippen MR) is 141 cm³/mol. The van der Waals surface area contributed by atoms with Crippen molar-refractivity contribution in [3.8, 4) is 0 Å². The summed E-state index contributed by atoms with van der Waals surface area (Å²) in [6.45, 7) is 2.29. The highest BCUT2D eigenvalue weighted by molar-refractivity contribution is 5.97. The highest BCUT2D eigenvalue weighted by Crippen LogP contribution is 2.34. The number of rotatable bonds is 6. The first-order valence-electron chi connectivity index (χ1n) is 12.9. The van der Waals surface area contributed by atoms with Crippen LogP contribution in [0.25, 0.3) is 6.08 Å². The van der Waals surface area contributed by atoms with Gasteiger partial charge in [0, 0.05) is 12.1 Å². The van der Waals surface area contributed by atoms with E-state index in [1.54, 1.807) is 24.3 Å². The molecule has 6 heteroatoms. The van der Waals surface area contributed by atoms with Gasteiger partial charge < -0.3 is 15.0 Å². The molecule has 3 aromatic carbocycles. The van der Waals surface area contributed by atoms with Gasteiger partial charge in [-0.15, -0.1) is 0 Å². The minimum atomic E-state index is -0.309. The molecule has 2 amide bonds. The third-order valence-electron chi connectivity index (χ3n) is 7.18. The van der Waals surface area contributed by atoms with Crippen LogP contribution in [0.1, 0.15) is 65.7 Å². The van der Waals surface area contributed by atoms with Crippen LogP contribution in [0.4, 0.5) is 4.39 Å². The molecule has 2 fully saturated rings. The number of carbonyl (C=O) groups is 2. The number of nitrogens with zero attached hydrogens (tertiary/aromatic N) is 1. The van der Waals surface area contributed by atoms with Crippen LogP contribution < -0.4 is 5.32 Å². The van der Waals surface area contributed by atoms with Gasteiger partial charge in [0.25, 0.3) is 11.8 Å². The molecule has 3 atom stereocenters. The van der Waals surface area contributed by atoms with Gasteiger partial charge in [-0.05, 0) is 73.2 Å². The molecule has 190 valence electrons. The number of hydrogen-bond acceptors (Lipinski definition) is 3. The molecular formula is C31H31FN2O3. The smallest absolute Gasteiger partial charge is 0.289 e. The van der Waals surface area contributed by atoms with Gasteiger partial charge in [0.2, 0.25) is 0 Å². The minimum absolute atomic E-state index is 0.0145. The topological polar surface area (TPSA) is 58.6 Å². The van der Waals surface area contributed by atoms with Gasteiger partial charge in [0.05, 0.1) is 12.1 Å². The molecule has 1 aliphatic heterocycles. The molecular weight excluding hydrogens is 467 g/mol. The largest absolute Gasteiger partial charge is 0.482 e. The summed E-state index contributed by atoms with van der Waals surface area (Å²) in [6.07, 6.45) is 5.53. The van der Waals surface area contributed by atoms with Gasteiger partial charge in [-0.3, -0.25) is 9.59 Å². The first-order chi connectivity index (χ1) is 18.0. The fourth-order valence-electron chi connectivity index (χ4n) is 5.18. The lowest BCUT2D eigenvalue weighted by Gasteiger charge is -2.44. The minimum Gasteiger partial charge on any atom is -0.482 e. The Labute approximate surface area is 217 Å². The molecule has 0 bridgehead atoms. The Morgan fingerprint density at radius 2 is 1.81 bits per heavy atom. The summed E-state index contributed by atoms with van der Waals surface area (Å²) in [6, 6.07) is 23.2. The summed E-state index contributed by atoms with van der Waals surface area (Å²) in [5.41, 5.74) is 3.12. The first-order valence-corrected chi connectivity index (χ1v) is 12.9. The lowest BCUT2D eigenvalue weighted by Crippen LogP contribution is -2.54. The zero-order valence-corrected chi connectivity index (χ0v) is 20.9. The van der Waals surface area contributed by atoms with Gasteiger partial charge in [0.15, 0.2) is 5.76 Å². The van der Waals surface area contributed by atoms with Gasteiger partial charge in [-0.25, -0.2) is 4.39 Å². The first kappa shape index (κ1) is 24.8. The average Bonchev–Trinajstić information content (AvgIpc) is 2.92. The Hall–Kier alpha value is -3.93. The van der Waals surface area contributed by atoms with Gasteiger partial charge in [0.1, 0.15) is 11.9 Å². The Kier molecular flexibility index (Phi) is 7.35. The number of benzene rings is 3. The molecule has 0 radical (unpaired) electrons. The Morgan fingerprint density at radius 3 is 2.57 bits per heavy atom. The van der Waals surface area contributed by atoms with Crippen LogP contribution in [-0.4, -0.2) is 28.9 Å². The van der Waals surface area contributed by atoms with E-state index in [9.17, 15) is 14.0 Å². The molecule has 1 saturated carbocycles. The van der Waals surface area contributed by atoms with Crippen LogP contribution in [0.5, 0.6) is 0 Å². The van der Waals surface area contributed by atoms with E-state index >= 15 is 0 Å². The van der Waals surface area contributed by atoms with E-state index in [2.05, 4.69) is 5.32 Å².